The second kappa shape index (κ2) is 14.5. The number of cyclic esters (lactones) is 1. The molecule has 2 rings (SSSR count). The van der Waals surface area contributed by atoms with E-state index >= 15 is 0 Å². The molecule has 14 atom stereocenters. The number of rotatable bonds is 4. The molecule has 4 N–H and O–H groups in total. The Balaban J connectivity index is 2.68. The minimum atomic E-state index is -1.70. The van der Waals surface area contributed by atoms with Crippen molar-refractivity contribution in [2.75, 3.05) is 20.7 Å². The Labute approximate surface area is 268 Å². The number of hydrogen-bond donors (Lipinski definition) is 4. The van der Waals surface area contributed by atoms with Gasteiger partial charge in [-0.15, -0.1) is 0 Å². The van der Waals surface area contributed by atoms with Gasteiger partial charge in [-0.3, -0.25) is 4.79 Å². The summed E-state index contributed by atoms with van der Waals surface area (Å²) < 4.78 is 18.8. The zero-order valence-electron chi connectivity index (χ0n) is 30.3. The minimum absolute atomic E-state index is 0.0662. The Kier molecular flexibility index (Phi) is 13.0. The van der Waals surface area contributed by atoms with Crippen molar-refractivity contribution in [2.24, 2.45) is 35.0 Å². The molecule has 0 aromatic carbocycles. The van der Waals surface area contributed by atoms with Crippen LogP contribution in [0.15, 0.2) is 0 Å². The molecular weight excluding hydrogens is 562 g/mol. The van der Waals surface area contributed by atoms with E-state index in [1.807, 2.05) is 46.6 Å². The molecule has 0 bridgehead atoms. The molecule has 2 aliphatic rings. The fraction of sp³-hybridized carbons (Fsp3) is 0.971. The highest BCUT2D eigenvalue weighted by Crippen LogP contribution is 2.47. The van der Waals surface area contributed by atoms with Crippen LogP contribution < -0.4 is 0 Å². The molecule has 1 saturated heterocycles. The second-order valence-electron chi connectivity index (χ2n) is 16.4. The average molecular weight is 630 g/mol. The molecule has 0 aromatic heterocycles. The van der Waals surface area contributed by atoms with Gasteiger partial charge in [-0.2, -0.15) is 0 Å². The summed E-state index contributed by atoms with van der Waals surface area (Å²) in [6.45, 7) is 23.9. The Morgan fingerprint density at radius 2 is 1.57 bits per heavy atom. The van der Waals surface area contributed by atoms with Gasteiger partial charge in [0.2, 0.25) is 0 Å². The number of hydrogen-bond acceptors (Lipinski definition) is 9. The number of methoxy groups -OCH3 is 1. The molecule has 9 heteroatoms. The van der Waals surface area contributed by atoms with Gasteiger partial charge in [-0.25, -0.2) is 0 Å². The molecule has 0 aromatic rings. The Morgan fingerprint density at radius 1 is 1.00 bits per heavy atom. The standard InChI is InChI=1S/C35H67NO8/c1-15-26-35(12,41)30(38)24(6)36(13)19-20(2)17-33(10,40)28(32(7,8)9)22(4)27(23(5)31(39)44-26)43-25-16-21(3)29(37)34(11,18-25)42-14/h20-30,37-38,40-41H,15-19H2,1-14H3/t20-,21-,22+,23-,24-,25-,26-,27+,28+,29+,30-,33-,34-,35-/m1/s1. The first-order valence-corrected chi connectivity index (χ1v) is 16.9. The van der Waals surface area contributed by atoms with Gasteiger partial charge >= 0.3 is 5.97 Å². The van der Waals surface area contributed by atoms with Gasteiger partial charge < -0.3 is 39.5 Å². The zero-order chi connectivity index (χ0) is 34.2. The topological polar surface area (TPSA) is 129 Å². The summed E-state index contributed by atoms with van der Waals surface area (Å²) >= 11 is 0. The maximum Gasteiger partial charge on any atom is 0.311 e. The van der Waals surface area contributed by atoms with Gasteiger partial charge in [-0.05, 0) is 90.0 Å². The van der Waals surface area contributed by atoms with Crippen molar-refractivity contribution >= 4 is 5.97 Å². The van der Waals surface area contributed by atoms with Crippen molar-refractivity contribution in [1.29, 1.82) is 0 Å². The van der Waals surface area contributed by atoms with Gasteiger partial charge in [-0.1, -0.05) is 48.5 Å². The van der Waals surface area contributed by atoms with Crippen LogP contribution in [-0.4, -0.2) is 105 Å². The highest BCUT2D eigenvalue weighted by Gasteiger charge is 2.52. The van der Waals surface area contributed by atoms with Crippen LogP contribution in [0, 0.1) is 35.0 Å². The predicted octanol–water partition coefficient (Wildman–Crippen LogP) is 4.42. The molecular formula is C35H67NO8. The average Bonchev–Trinajstić information content (AvgIpc) is 2.89. The number of aliphatic hydroxyl groups excluding tert-OH is 2. The third-order valence-electron chi connectivity index (χ3n) is 11.2. The quantitative estimate of drug-likeness (QED) is 0.334. The highest BCUT2D eigenvalue weighted by molar-refractivity contribution is 5.73. The van der Waals surface area contributed by atoms with E-state index in [1.54, 1.807) is 14.0 Å². The molecule has 0 spiro atoms. The van der Waals surface area contributed by atoms with Crippen LogP contribution in [0.5, 0.6) is 0 Å². The van der Waals surface area contributed by atoms with E-state index in [-0.39, 0.29) is 35.2 Å². The van der Waals surface area contributed by atoms with Crippen LogP contribution in [-0.2, 0) is 19.0 Å². The van der Waals surface area contributed by atoms with E-state index in [0.717, 1.165) is 0 Å². The van der Waals surface area contributed by atoms with Crippen molar-refractivity contribution in [1.82, 2.24) is 4.90 Å². The highest BCUT2D eigenvalue weighted by atomic mass is 16.6. The number of nitrogens with zero attached hydrogens (tertiary/aromatic N) is 1. The summed E-state index contributed by atoms with van der Waals surface area (Å²) in [5.74, 6) is -1.81. The predicted molar refractivity (Wildman–Crippen MR) is 173 cm³/mol. The van der Waals surface area contributed by atoms with Crippen LogP contribution in [0.1, 0.15) is 109 Å². The van der Waals surface area contributed by atoms with Crippen molar-refractivity contribution in [3.05, 3.63) is 0 Å². The monoisotopic (exact) mass is 629 g/mol. The second-order valence-corrected chi connectivity index (χ2v) is 16.4. The fourth-order valence-electron chi connectivity index (χ4n) is 8.98. The summed E-state index contributed by atoms with van der Waals surface area (Å²) in [7, 11) is 3.51. The molecule has 1 aliphatic heterocycles. The summed E-state index contributed by atoms with van der Waals surface area (Å²) in [4.78, 5) is 16.0. The van der Waals surface area contributed by atoms with E-state index < -0.39 is 59.1 Å². The number of carbonyl (C=O) groups is 1. The number of ether oxygens (including phenoxy) is 3. The lowest BCUT2D eigenvalue weighted by Gasteiger charge is -2.50. The molecule has 1 saturated carbocycles. The van der Waals surface area contributed by atoms with E-state index in [1.165, 1.54) is 6.92 Å². The van der Waals surface area contributed by atoms with Gasteiger partial charge in [0, 0.05) is 26.1 Å². The largest absolute Gasteiger partial charge is 0.459 e. The summed E-state index contributed by atoms with van der Waals surface area (Å²) in [6.07, 6.45) is -1.84. The number of esters is 1. The first-order valence-electron chi connectivity index (χ1n) is 16.9. The molecule has 260 valence electrons. The first kappa shape index (κ1) is 39.4. The van der Waals surface area contributed by atoms with Crippen LogP contribution in [0.25, 0.3) is 0 Å². The molecule has 0 unspecified atom stereocenters. The number of aliphatic hydroxyl groups is 4. The van der Waals surface area contributed by atoms with Crippen LogP contribution in [0.2, 0.25) is 0 Å². The lowest BCUT2D eigenvalue weighted by atomic mass is 9.61. The van der Waals surface area contributed by atoms with Gasteiger partial charge in [0.25, 0.3) is 0 Å². The van der Waals surface area contributed by atoms with Crippen molar-refractivity contribution in [3.8, 4) is 0 Å². The molecule has 0 radical (unpaired) electrons. The van der Waals surface area contributed by atoms with E-state index in [2.05, 4.69) is 34.6 Å². The Hall–Kier alpha value is -0.810. The van der Waals surface area contributed by atoms with Gasteiger partial charge in [0.15, 0.2) is 0 Å². The smallest absolute Gasteiger partial charge is 0.311 e. The van der Waals surface area contributed by atoms with E-state index in [4.69, 9.17) is 14.2 Å². The Morgan fingerprint density at radius 3 is 2.07 bits per heavy atom. The van der Waals surface area contributed by atoms with Crippen molar-refractivity contribution in [3.63, 3.8) is 0 Å². The summed E-state index contributed by atoms with van der Waals surface area (Å²) in [5.41, 5.74) is -3.95. The van der Waals surface area contributed by atoms with Crippen LogP contribution >= 0.6 is 0 Å². The summed E-state index contributed by atoms with van der Waals surface area (Å²) in [6, 6.07) is -0.431. The third-order valence-corrected chi connectivity index (χ3v) is 11.2. The molecule has 1 aliphatic carbocycles. The molecule has 1 heterocycles. The lowest BCUT2D eigenvalue weighted by molar-refractivity contribution is -0.209. The molecule has 44 heavy (non-hydrogen) atoms. The zero-order valence-corrected chi connectivity index (χ0v) is 30.3. The maximum atomic E-state index is 14.0. The fourth-order valence-corrected chi connectivity index (χ4v) is 8.98. The maximum absolute atomic E-state index is 14.0. The van der Waals surface area contributed by atoms with Crippen LogP contribution in [0.4, 0.5) is 0 Å². The van der Waals surface area contributed by atoms with E-state index in [0.29, 0.717) is 32.2 Å². The minimum Gasteiger partial charge on any atom is -0.459 e. The lowest BCUT2D eigenvalue weighted by Crippen LogP contribution is -2.59. The molecule has 2 fully saturated rings. The van der Waals surface area contributed by atoms with E-state index in [9.17, 15) is 25.2 Å². The first-order chi connectivity index (χ1) is 19.9. The third kappa shape index (κ3) is 8.55. The number of likely N-dealkylation sites (N-methyl/N-ethyl adjacent to an activating group) is 1. The summed E-state index contributed by atoms with van der Waals surface area (Å²) in [5, 5.41) is 46.2. The van der Waals surface area contributed by atoms with Crippen molar-refractivity contribution in [2.45, 2.75) is 162 Å². The normalized spacial score (nSPS) is 47.9. The van der Waals surface area contributed by atoms with Gasteiger partial charge in [0.05, 0.1) is 35.4 Å². The van der Waals surface area contributed by atoms with Crippen LogP contribution in [0.3, 0.4) is 0 Å². The SMILES string of the molecule is CC[C@H]1OC(=O)[C@H](C)[C@@H](O[C@@H]2C[C@@H](C)[C@H](O)[C@](C)(OC)C2)[C@H](C)[C@@H](C(C)(C)C)[C@](C)(O)C[C@@H](C)CN(C)[C@H](C)[C@@H](O)[C@]1(C)O. The Bertz CT molecular complexity index is 934. The number of carbonyl (C=O) groups excluding carboxylic acids is 1. The van der Waals surface area contributed by atoms with Gasteiger partial charge in [0.1, 0.15) is 17.8 Å². The molecule has 0 amide bonds. The molecule has 9 nitrogen and oxygen atoms in total. The van der Waals surface area contributed by atoms with Crippen molar-refractivity contribution < 1.29 is 39.4 Å².